The number of nitrogens with one attached hydrogen (secondary N) is 1. The normalized spacial score (nSPS) is 16.4. The molecular formula is C26H22N2O4. The van der Waals surface area contributed by atoms with Gasteiger partial charge >= 0.3 is 12.0 Å². The molecule has 0 atom stereocenters. The van der Waals surface area contributed by atoms with Crippen molar-refractivity contribution in [1.29, 1.82) is 0 Å². The number of anilines is 1. The van der Waals surface area contributed by atoms with Gasteiger partial charge in [0.05, 0.1) is 5.56 Å². The van der Waals surface area contributed by atoms with Crippen molar-refractivity contribution in [2.24, 2.45) is 0 Å². The van der Waals surface area contributed by atoms with Gasteiger partial charge in [-0.3, -0.25) is 4.79 Å². The SMILES string of the molecule is O=C(c1ccccc1)c1ccc(NC(=O)N2CCC3(CC2)OC(=O)c2ccccc23)cc1. The second-order valence-corrected chi connectivity index (χ2v) is 8.12. The van der Waals surface area contributed by atoms with Crippen LogP contribution in [-0.2, 0) is 10.3 Å². The number of rotatable bonds is 3. The third-order valence-corrected chi connectivity index (χ3v) is 6.22. The van der Waals surface area contributed by atoms with Crippen LogP contribution >= 0.6 is 0 Å². The van der Waals surface area contributed by atoms with Crippen molar-refractivity contribution < 1.29 is 19.1 Å². The second kappa shape index (κ2) is 7.96. The number of piperidine rings is 1. The number of likely N-dealkylation sites (tertiary alicyclic amines) is 1. The van der Waals surface area contributed by atoms with E-state index in [4.69, 9.17) is 4.74 Å². The highest BCUT2D eigenvalue weighted by Gasteiger charge is 2.47. The summed E-state index contributed by atoms with van der Waals surface area (Å²) in [5, 5.41) is 2.89. The van der Waals surface area contributed by atoms with Gasteiger partial charge in [0.25, 0.3) is 0 Å². The highest BCUT2D eigenvalue weighted by molar-refractivity contribution is 6.09. The minimum absolute atomic E-state index is 0.0591. The summed E-state index contributed by atoms with van der Waals surface area (Å²) in [5.41, 5.74) is 2.72. The Bertz CT molecular complexity index is 1180. The molecule has 0 aliphatic carbocycles. The summed E-state index contributed by atoms with van der Waals surface area (Å²) in [6.07, 6.45) is 1.13. The number of nitrogens with zero attached hydrogens (tertiary/aromatic N) is 1. The van der Waals surface area contributed by atoms with Gasteiger partial charge in [-0.1, -0.05) is 48.5 Å². The van der Waals surface area contributed by atoms with Crippen molar-refractivity contribution in [1.82, 2.24) is 4.90 Å². The van der Waals surface area contributed by atoms with Crippen LogP contribution in [0.15, 0.2) is 78.9 Å². The van der Waals surface area contributed by atoms with Gasteiger partial charge in [0, 0.05) is 48.3 Å². The van der Waals surface area contributed by atoms with Crippen LogP contribution in [0.25, 0.3) is 0 Å². The molecule has 6 nitrogen and oxygen atoms in total. The molecule has 3 aromatic rings. The van der Waals surface area contributed by atoms with Crippen LogP contribution in [0.2, 0.25) is 0 Å². The number of ether oxygens (including phenoxy) is 1. The number of benzene rings is 3. The first-order chi connectivity index (χ1) is 15.6. The van der Waals surface area contributed by atoms with Gasteiger partial charge in [-0.15, -0.1) is 0 Å². The van der Waals surface area contributed by atoms with Crippen LogP contribution in [0.1, 0.15) is 44.7 Å². The molecule has 0 radical (unpaired) electrons. The lowest BCUT2D eigenvalue weighted by atomic mass is 9.84. The van der Waals surface area contributed by atoms with Crippen LogP contribution < -0.4 is 5.32 Å². The van der Waals surface area contributed by atoms with Crippen LogP contribution in [0, 0.1) is 0 Å². The molecular weight excluding hydrogens is 404 g/mol. The maximum atomic E-state index is 12.8. The Hall–Kier alpha value is -3.93. The lowest BCUT2D eigenvalue weighted by molar-refractivity contribution is -0.0363. The predicted molar refractivity (Wildman–Crippen MR) is 120 cm³/mol. The van der Waals surface area contributed by atoms with Crippen LogP contribution in [0.3, 0.4) is 0 Å². The van der Waals surface area contributed by atoms with Gasteiger partial charge in [-0.2, -0.15) is 0 Å². The summed E-state index contributed by atoms with van der Waals surface area (Å²) >= 11 is 0. The molecule has 0 aromatic heterocycles. The zero-order chi connectivity index (χ0) is 22.1. The third-order valence-electron chi connectivity index (χ3n) is 6.22. The zero-order valence-corrected chi connectivity index (χ0v) is 17.4. The fourth-order valence-electron chi connectivity index (χ4n) is 4.45. The van der Waals surface area contributed by atoms with Crippen LogP contribution in [0.5, 0.6) is 0 Å². The fourth-order valence-corrected chi connectivity index (χ4v) is 4.45. The first kappa shape index (κ1) is 20.0. The first-order valence-electron chi connectivity index (χ1n) is 10.6. The van der Waals surface area contributed by atoms with E-state index in [2.05, 4.69) is 5.32 Å². The molecule has 2 aliphatic rings. The summed E-state index contributed by atoms with van der Waals surface area (Å²) < 4.78 is 5.75. The van der Waals surface area contributed by atoms with Crippen molar-refractivity contribution in [2.45, 2.75) is 18.4 Å². The zero-order valence-electron chi connectivity index (χ0n) is 17.4. The lowest BCUT2D eigenvalue weighted by Gasteiger charge is -2.38. The van der Waals surface area contributed by atoms with E-state index in [0.717, 1.165) is 5.56 Å². The van der Waals surface area contributed by atoms with Gasteiger partial charge in [0.2, 0.25) is 0 Å². The quantitative estimate of drug-likeness (QED) is 0.490. The molecule has 0 bridgehead atoms. The van der Waals surface area contributed by atoms with Crippen molar-refractivity contribution in [3.8, 4) is 0 Å². The Morgan fingerprint density at radius 2 is 1.44 bits per heavy atom. The molecule has 1 fully saturated rings. The van der Waals surface area contributed by atoms with Crippen molar-refractivity contribution in [3.63, 3.8) is 0 Å². The fraction of sp³-hybridized carbons (Fsp3) is 0.192. The van der Waals surface area contributed by atoms with E-state index in [9.17, 15) is 14.4 Å². The lowest BCUT2D eigenvalue weighted by Crippen LogP contribution is -2.46. The predicted octanol–water partition coefficient (Wildman–Crippen LogP) is 4.61. The highest BCUT2D eigenvalue weighted by Crippen LogP contribution is 2.43. The number of ketones is 1. The van der Waals surface area contributed by atoms with Gasteiger partial charge in [-0.25, -0.2) is 9.59 Å². The molecule has 160 valence electrons. The molecule has 2 heterocycles. The molecule has 0 saturated carbocycles. The van der Waals surface area contributed by atoms with Crippen molar-refractivity contribution >= 4 is 23.5 Å². The Morgan fingerprint density at radius 3 is 2.16 bits per heavy atom. The number of carbonyl (C=O) groups is 3. The van der Waals surface area contributed by atoms with E-state index in [0.29, 0.717) is 48.3 Å². The molecule has 2 aliphatic heterocycles. The Balaban J connectivity index is 1.22. The van der Waals surface area contributed by atoms with Crippen molar-refractivity contribution in [3.05, 3.63) is 101 Å². The van der Waals surface area contributed by atoms with E-state index in [1.54, 1.807) is 47.4 Å². The van der Waals surface area contributed by atoms with Crippen LogP contribution in [-0.4, -0.2) is 35.8 Å². The topological polar surface area (TPSA) is 75.7 Å². The van der Waals surface area contributed by atoms with Crippen molar-refractivity contribution in [2.75, 3.05) is 18.4 Å². The molecule has 1 saturated heterocycles. The number of urea groups is 1. The minimum Gasteiger partial charge on any atom is -0.450 e. The maximum absolute atomic E-state index is 12.8. The smallest absolute Gasteiger partial charge is 0.339 e. The monoisotopic (exact) mass is 426 g/mol. The molecule has 32 heavy (non-hydrogen) atoms. The number of fused-ring (bicyclic) bond motifs is 2. The Morgan fingerprint density at radius 1 is 0.812 bits per heavy atom. The van der Waals surface area contributed by atoms with E-state index in [-0.39, 0.29) is 17.8 Å². The standard InChI is InChI=1S/C26H22N2O4/c29-23(18-6-2-1-3-7-18)19-10-12-20(13-11-19)27-25(31)28-16-14-26(15-17-28)22-9-5-4-8-21(22)24(30)32-26/h1-13H,14-17H2,(H,27,31). The largest absolute Gasteiger partial charge is 0.450 e. The summed E-state index contributed by atoms with van der Waals surface area (Å²) in [5.74, 6) is -0.347. The van der Waals surface area contributed by atoms with Crippen LogP contribution in [0.4, 0.5) is 10.5 Å². The summed E-state index contributed by atoms with van der Waals surface area (Å²) in [4.78, 5) is 39.2. The van der Waals surface area contributed by atoms with E-state index in [1.165, 1.54) is 0 Å². The average molecular weight is 426 g/mol. The van der Waals surface area contributed by atoms with E-state index < -0.39 is 5.60 Å². The molecule has 5 rings (SSSR count). The number of amides is 2. The van der Waals surface area contributed by atoms with Gasteiger partial charge < -0.3 is 15.0 Å². The van der Waals surface area contributed by atoms with E-state index >= 15 is 0 Å². The van der Waals surface area contributed by atoms with Gasteiger partial charge in [0.15, 0.2) is 5.78 Å². The van der Waals surface area contributed by atoms with E-state index in [1.807, 2.05) is 36.4 Å². The molecule has 1 spiro atoms. The first-order valence-corrected chi connectivity index (χ1v) is 10.6. The molecule has 2 amide bonds. The molecule has 6 heteroatoms. The third kappa shape index (κ3) is 3.54. The molecule has 1 N–H and O–H groups in total. The summed E-state index contributed by atoms with van der Waals surface area (Å²) in [6.45, 7) is 0.968. The number of esters is 1. The molecule has 3 aromatic carbocycles. The Kier molecular flexibility index (Phi) is 4.98. The molecule has 0 unspecified atom stereocenters. The van der Waals surface area contributed by atoms with Gasteiger partial charge in [-0.05, 0) is 30.3 Å². The maximum Gasteiger partial charge on any atom is 0.339 e. The van der Waals surface area contributed by atoms with Gasteiger partial charge in [0.1, 0.15) is 5.60 Å². The summed E-state index contributed by atoms with van der Waals surface area (Å²) in [6, 6.07) is 23.2. The average Bonchev–Trinajstić information content (AvgIpc) is 3.11. The minimum atomic E-state index is -0.635. The number of hydrogen-bond donors (Lipinski definition) is 1. The Labute approximate surface area is 185 Å². The highest BCUT2D eigenvalue weighted by atomic mass is 16.6. The number of hydrogen-bond acceptors (Lipinski definition) is 4. The second-order valence-electron chi connectivity index (χ2n) is 8.12. The number of carbonyl (C=O) groups excluding carboxylic acids is 3. The summed E-state index contributed by atoms with van der Waals surface area (Å²) in [7, 11) is 0.